The van der Waals surface area contributed by atoms with Crippen molar-refractivity contribution in [2.24, 2.45) is 5.73 Å². The molecule has 2 aromatic rings. The average molecular weight is 261 g/mol. The molecule has 0 saturated carbocycles. The maximum absolute atomic E-state index is 6.34. The van der Waals surface area contributed by atoms with Gasteiger partial charge in [0.05, 0.1) is 0 Å². The van der Waals surface area contributed by atoms with Crippen molar-refractivity contribution in [2.75, 3.05) is 0 Å². The summed E-state index contributed by atoms with van der Waals surface area (Å²) in [5, 5.41) is 0.769. The molecule has 0 radical (unpaired) electrons. The molecule has 1 aromatic carbocycles. The Morgan fingerprint density at radius 2 is 1.83 bits per heavy atom. The molecule has 2 rings (SSSR count). The van der Waals surface area contributed by atoms with Crippen LogP contribution in [0, 0.1) is 6.92 Å². The molecule has 3 heteroatoms. The molecule has 0 fully saturated rings. The van der Waals surface area contributed by atoms with Crippen molar-refractivity contribution < 1.29 is 0 Å². The fourth-order valence-electron chi connectivity index (χ4n) is 2.07. The molecule has 2 unspecified atom stereocenters. The summed E-state index contributed by atoms with van der Waals surface area (Å²) in [5.41, 5.74) is 9.57. The Labute approximate surface area is 113 Å². The molecule has 0 saturated heterocycles. The number of nitrogens with two attached hydrogens (primary N) is 1. The van der Waals surface area contributed by atoms with Gasteiger partial charge in [-0.25, -0.2) is 0 Å². The average Bonchev–Trinajstić information content (AvgIpc) is 2.41. The predicted octanol–water partition coefficient (Wildman–Crippen LogP) is 3.85. The number of benzene rings is 1. The van der Waals surface area contributed by atoms with Gasteiger partial charge < -0.3 is 5.73 Å². The minimum atomic E-state index is -0.111. The highest BCUT2D eigenvalue weighted by molar-refractivity contribution is 6.32. The minimum absolute atomic E-state index is 0.111. The lowest BCUT2D eigenvalue weighted by atomic mass is 9.89. The van der Waals surface area contributed by atoms with Crippen LogP contribution in [0.15, 0.2) is 42.7 Å². The maximum atomic E-state index is 6.34. The van der Waals surface area contributed by atoms with Gasteiger partial charge in [-0.3, -0.25) is 4.98 Å². The third-order valence-corrected chi connectivity index (χ3v) is 3.87. The zero-order valence-electron chi connectivity index (χ0n) is 10.6. The third kappa shape index (κ3) is 2.55. The molecule has 1 heterocycles. The summed E-state index contributed by atoms with van der Waals surface area (Å²) in [7, 11) is 0. The smallest absolute Gasteiger partial charge is 0.0483 e. The lowest BCUT2D eigenvalue weighted by molar-refractivity contribution is 0.597. The van der Waals surface area contributed by atoms with Crippen LogP contribution in [0.4, 0.5) is 0 Å². The maximum Gasteiger partial charge on any atom is 0.0483 e. The Balaban J connectivity index is 2.31. The highest BCUT2D eigenvalue weighted by Crippen LogP contribution is 2.33. The molecule has 18 heavy (non-hydrogen) atoms. The van der Waals surface area contributed by atoms with Gasteiger partial charge in [-0.1, -0.05) is 36.7 Å². The largest absolute Gasteiger partial charge is 0.323 e. The SMILES string of the molecule is Cc1cccc(C(N)C(C)c2ccncc2)c1Cl. The first-order valence-electron chi connectivity index (χ1n) is 6.01. The topological polar surface area (TPSA) is 38.9 Å². The van der Waals surface area contributed by atoms with Gasteiger partial charge in [-0.15, -0.1) is 0 Å². The second-order valence-electron chi connectivity index (χ2n) is 4.57. The molecule has 0 aliphatic carbocycles. The van der Waals surface area contributed by atoms with Crippen molar-refractivity contribution in [1.82, 2.24) is 4.98 Å². The molecular formula is C15H17ClN2. The van der Waals surface area contributed by atoms with E-state index in [0.29, 0.717) is 0 Å². The summed E-state index contributed by atoms with van der Waals surface area (Å²) in [4.78, 5) is 4.02. The first-order chi connectivity index (χ1) is 8.61. The highest BCUT2D eigenvalue weighted by atomic mass is 35.5. The van der Waals surface area contributed by atoms with Crippen LogP contribution in [0.1, 0.15) is 35.6 Å². The van der Waals surface area contributed by atoms with Gasteiger partial charge in [-0.2, -0.15) is 0 Å². The van der Waals surface area contributed by atoms with E-state index in [2.05, 4.69) is 11.9 Å². The van der Waals surface area contributed by atoms with Gasteiger partial charge in [0.2, 0.25) is 0 Å². The quantitative estimate of drug-likeness (QED) is 0.911. The number of hydrogen-bond donors (Lipinski definition) is 1. The zero-order valence-corrected chi connectivity index (χ0v) is 11.4. The molecule has 94 valence electrons. The molecule has 2 nitrogen and oxygen atoms in total. The monoisotopic (exact) mass is 260 g/mol. The highest BCUT2D eigenvalue weighted by Gasteiger charge is 2.19. The molecule has 2 atom stereocenters. The lowest BCUT2D eigenvalue weighted by Gasteiger charge is -2.22. The van der Waals surface area contributed by atoms with Crippen LogP contribution in [-0.4, -0.2) is 4.98 Å². The van der Waals surface area contributed by atoms with E-state index in [-0.39, 0.29) is 12.0 Å². The van der Waals surface area contributed by atoms with Gasteiger partial charge >= 0.3 is 0 Å². The van der Waals surface area contributed by atoms with Crippen molar-refractivity contribution in [3.8, 4) is 0 Å². The molecule has 0 aliphatic heterocycles. The summed E-state index contributed by atoms with van der Waals surface area (Å²) < 4.78 is 0. The summed E-state index contributed by atoms with van der Waals surface area (Å²) in [6.07, 6.45) is 3.58. The summed E-state index contributed by atoms with van der Waals surface area (Å²) in [6, 6.07) is 9.87. The number of aromatic nitrogens is 1. The van der Waals surface area contributed by atoms with Crippen LogP contribution in [0.5, 0.6) is 0 Å². The molecule has 0 bridgehead atoms. The van der Waals surface area contributed by atoms with Gasteiger partial charge in [0.1, 0.15) is 0 Å². The minimum Gasteiger partial charge on any atom is -0.323 e. The Morgan fingerprint density at radius 1 is 1.17 bits per heavy atom. The van der Waals surface area contributed by atoms with Crippen LogP contribution >= 0.6 is 11.6 Å². The molecule has 0 amide bonds. The van der Waals surface area contributed by atoms with E-state index in [9.17, 15) is 0 Å². The zero-order chi connectivity index (χ0) is 13.1. The van der Waals surface area contributed by atoms with Crippen molar-refractivity contribution in [1.29, 1.82) is 0 Å². The van der Waals surface area contributed by atoms with Crippen molar-refractivity contribution in [3.05, 3.63) is 64.4 Å². The lowest BCUT2D eigenvalue weighted by Crippen LogP contribution is -2.18. The first-order valence-corrected chi connectivity index (χ1v) is 6.39. The Bertz CT molecular complexity index is 525. The fraction of sp³-hybridized carbons (Fsp3) is 0.267. The Morgan fingerprint density at radius 3 is 2.50 bits per heavy atom. The van der Waals surface area contributed by atoms with Crippen LogP contribution in [0.3, 0.4) is 0 Å². The van der Waals surface area contributed by atoms with Gasteiger partial charge in [0.25, 0.3) is 0 Å². The molecule has 2 N–H and O–H groups in total. The number of halogens is 1. The second kappa shape index (κ2) is 5.51. The van der Waals surface area contributed by atoms with Gasteiger partial charge in [0.15, 0.2) is 0 Å². The number of rotatable bonds is 3. The number of pyridine rings is 1. The molecule has 1 aromatic heterocycles. The second-order valence-corrected chi connectivity index (χ2v) is 4.95. The Kier molecular flexibility index (Phi) is 4.00. The summed E-state index contributed by atoms with van der Waals surface area (Å²) in [6.45, 7) is 4.11. The van der Waals surface area contributed by atoms with Crippen molar-refractivity contribution in [3.63, 3.8) is 0 Å². The number of hydrogen-bond acceptors (Lipinski definition) is 2. The molecule has 0 aliphatic rings. The van der Waals surface area contributed by atoms with Crippen molar-refractivity contribution >= 4 is 11.6 Å². The van der Waals surface area contributed by atoms with Crippen LogP contribution in [0.25, 0.3) is 0 Å². The van der Waals surface area contributed by atoms with E-state index in [4.69, 9.17) is 17.3 Å². The van der Waals surface area contributed by atoms with E-state index in [0.717, 1.165) is 16.1 Å². The third-order valence-electron chi connectivity index (χ3n) is 3.35. The van der Waals surface area contributed by atoms with E-state index < -0.39 is 0 Å². The number of aryl methyl sites for hydroxylation is 1. The summed E-state index contributed by atoms with van der Waals surface area (Å²) in [5.74, 6) is 0.201. The fourth-order valence-corrected chi connectivity index (χ4v) is 2.32. The van der Waals surface area contributed by atoms with Crippen LogP contribution in [0.2, 0.25) is 5.02 Å². The molecule has 0 spiro atoms. The molecular weight excluding hydrogens is 244 g/mol. The van der Waals surface area contributed by atoms with Crippen molar-refractivity contribution in [2.45, 2.75) is 25.8 Å². The Hall–Kier alpha value is -1.38. The van der Waals surface area contributed by atoms with Crippen LogP contribution in [-0.2, 0) is 0 Å². The standard InChI is InChI=1S/C15H17ClN2/c1-10-4-3-5-13(14(10)16)15(17)11(2)12-6-8-18-9-7-12/h3-9,11,15H,17H2,1-2H3. The normalized spacial score (nSPS) is 14.2. The predicted molar refractivity (Wildman–Crippen MR) is 75.8 cm³/mol. The van der Waals surface area contributed by atoms with E-state index >= 15 is 0 Å². The van der Waals surface area contributed by atoms with E-state index in [1.807, 2.05) is 37.3 Å². The number of nitrogens with zero attached hydrogens (tertiary/aromatic N) is 1. The summed E-state index contributed by atoms with van der Waals surface area (Å²) >= 11 is 6.33. The van der Waals surface area contributed by atoms with Crippen LogP contribution < -0.4 is 5.73 Å². The van der Waals surface area contributed by atoms with Gasteiger partial charge in [-0.05, 0) is 35.7 Å². The first kappa shape index (κ1) is 13.1. The van der Waals surface area contributed by atoms with E-state index in [1.165, 1.54) is 5.56 Å². The van der Waals surface area contributed by atoms with E-state index in [1.54, 1.807) is 12.4 Å². The van der Waals surface area contributed by atoms with Gasteiger partial charge in [0, 0.05) is 29.4 Å².